The van der Waals surface area contributed by atoms with Gasteiger partial charge in [-0.05, 0) is 38.8 Å². The first-order valence-electron chi connectivity index (χ1n) is 12.4. The maximum absolute atomic E-state index is 13.1. The number of aryl methyl sites for hydroxylation is 1. The fraction of sp³-hybridized carbons (Fsp3) is 0.654. The molecule has 190 valence electrons. The quantitative estimate of drug-likeness (QED) is 0.405. The van der Waals surface area contributed by atoms with Crippen LogP contribution in [0.4, 0.5) is 0 Å². The van der Waals surface area contributed by atoms with Gasteiger partial charge in [0.2, 0.25) is 17.7 Å². The van der Waals surface area contributed by atoms with Gasteiger partial charge in [-0.15, -0.1) is 0 Å². The van der Waals surface area contributed by atoms with Crippen LogP contribution in [-0.2, 0) is 19.1 Å². The second-order valence-corrected chi connectivity index (χ2v) is 9.20. The topological polar surface area (TPSA) is 91.0 Å². The van der Waals surface area contributed by atoms with E-state index in [9.17, 15) is 14.4 Å². The lowest BCUT2D eigenvalue weighted by atomic mass is 9.71. The van der Waals surface area contributed by atoms with Gasteiger partial charge in [-0.1, -0.05) is 57.0 Å². The van der Waals surface area contributed by atoms with Gasteiger partial charge in [0.25, 0.3) is 0 Å². The Morgan fingerprint density at radius 2 is 1.82 bits per heavy atom. The van der Waals surface area contributed by atoms with Gasteiger partial charge in [0.05, 0.1) is 11.5 Å². The van der Waals surface area contributed by atoms with Gasteiger partial charge in [0.15, 0.2) is 0 Å². The summed E-state index contributed by atoms with van der Waals surface area (Å²) in [6, 6.07) is 8.03. The molecule has 8 heteroatoms. The van der Waals surface area contributed by atoms with Crippen LogP contribution in [0.3, 0.4) is 0 Å². The Morgan fingerprint density at radius 1 is 1.18 bits per heavy atom. The average molecular weight is 475 g/mol. The van der Waals surface area contributed by atoms with E-state index in [1.165, 1.54) is 4.90 Å². The van der Waals surface area contributed by atoms with Crippen molar-refractivity contribution in [2.24, 2.45) is 5.41 Å². The van der Waals surface area contributed by atoms with Crippen molar-refractivity contribution < 1.29 is 19.1 Å². The molecule has 1 aromatic rings. The molecule has 1 heterocycles. The van der Waals surface area contributed by atoms with Crippen molar-refractivity contribution in [2.45, 2.75) is 65.6 Å². The highest BCUT2D eigenvalue weighted by Crippen LogP contribution is 2.45. The molecule has 1 aliphatic rings. The van der Waals surface area contributed by atoms with Crippen LogP contribution in [0.2, 0.25) is 0 Å². The second kappa shape index (κ2) is 12.9. The number of ether oxygens (including phenoxy) is 1. The minimum absolute atomic E-state index is 0.0822. The number of β-lactam (4-membered cyclic amide) rings is 1. The van der Waals surface area contributed by atoms with E-state index in [0.29, 0.717) is 25.9 Å². The molecule has 2 N–H and O–H groups in total. The Labute approximate surface area is 204 Å². The zero-order chi connectivity index (χ0) is 25.3. The number of likely N-dealkylation sites (tertiary alicyclic amines) is 1. The van der Waals surface area contributed by atoms with Gasteiger partial charge in [0, 0.05) is 20.1 Å². The highest BCUT2D eigenvalue weighted by Gasteiger charge is 2.59. The van der Waals surface area contributed by atoms with E-state index in [1.54, 1.807) is 11.9 Å². The molecule has 1 aliphatic heterocycles. The number of carbonyl (C=O) groups excluding carboxylic acids is 3. The van der Waals surface area contributed by atoms with Crippen molar-refractivity contribution in [3.05, 3.63) is 35.4 Å². The third-order valence-corrected chi connectivity index (χ3v) is 6.90. The normalized spacial score (nSPS) is 17.8. The average Bonchev–Trinajstić information content (AvgIpc) is 2.83. The first-order valence-corrected chi connectivity index (χ1v) is 12.4. The van der Waals surface area contributed by atoms with Gasteiger partial charge < -0.3 is 25.2 Å². The molecule has 2 rings (SSSR count). The van der Waals surface area contributed by atoms with E-state index in [4.69, 9.17) is 4.74 Å². The predicted octanol–water partition coefficient (Wildman–Crippen LogP) is 2.62. The SMILES string of the molecule is CCC[C@@H](NC(=O)CN1C(=O)C(CC)(CC)[C@@H]1OCC(=O)N(C)CCNC)c1ccc(C)cc1. The summed E-state index contributed by atoms with van der Waals surface area (Å²) in [5, 5.41) is 6.11. The van der Waals surface area contributed by atoms with Crippen LogP contribution < -0.4 is 10.6 Å². The number of amides is 3. The summed E-state index contributed by atoms with van der Waals surface area (Å²) in [5.41, 5.74) is 1.53. The zero-order valence-electron chi connectivity index (χ0n) is 21.6. The largest absolute Gasteiger partial charge is 0.348 e. The second-order valence-electron chi connectivity index (χ2n) is 9.20. The molecular formula is C26H42N4O4. The summed E-state index contributed by atoms with van der Waals surface area (Å²) >= 11 is 0. The van der Waals surface area contributed by atoms with Crippen molar-refractivity contribution in [3.8, 4) is 0 Å². The molecule has 0 saturated carbocycles. The van der Waals surface area contributed by atoms with Crippen LogP contribution in [0.5, 0.6) is 0 Å². The Kier molecular flexibility index (Phi) is 10.5. The van der Waals surface area contributed by atoms with Crippen LogP contribution in [0.25, 0.3) is 0 Å². The molecule has 34 heavy (non-hydrogen) atoms. The molecule has 8 nitrogen and oxygen atoms in total. The van der Waals surface area contributed by atoms with Crippen LogP contribution in [0, 0.1) is 12.3 Å². The van der Waals surface area contributed by atoms with E-state index in [2.05, 4.69) is 17.6 Å². The number of carbonyl (C=O) groups is 3. The monoisotopic (exact) mass is 474 g/mol. The van der Waals surface area contributed by atoms with Crippen molar-refractivity contribution >= 4 is 17.7 Å². The van der Waals surface area contributed by atoms with E-state index in [1.807, 2.05) is 52.1 Å². The van der Waals surface area contributed by atoms with Crippen molar-refractivity contribution in [1.29, 1.82) is 0 Å². The molecule has 0 aliphatic carbocycles. The third kappa shape index (κ3) is 6.36. The lowest BCUT2D eigenvalue weighted by molar-refractivity contribution is -0.224. The van der Waals surface area contributed by atoms with Gasteiger partial charge in [-0.25, -0.2) is 0 Å². The lowest BCUT2D eigenvalue weighted by Gasteiger charge is -2.54. The zero-order valence-corrected chi connectivity index (χ0v) is 21.6. The molecule has 3 amide bonds. The van der Waals surface area contributed by atoms with E-state index in [-0.39, 0.29) is 36.9 Å². The number of nitrogens with zero attached hydrogens (tertiary/aromatic N) is 2. The van der Waals surface area contributed by atoms with Crippen LogP contribution in [0.1, 0.15) is 63.6 Å². The third-order valence-electron chi connectivity index (χ3n) is 6.90. The van der Waals surface area contributed by atoms with Gasteiger partial charge in [-0.3, -0.25) is 14.4 Å². The van der Waals surface area contributed by atoms with E-state index in [0.717, 1.165) is 24.0 Å². The number of benzene rings is 1. The standard InChI is InChI=1S/C26H42N4O4/c1-7-10-21(20-13-11-19(4)12-14-20)28-22(31)17-30-24(33)26(8-2,9-3)25(30)34-18-23(32)29(6)16-15-27-5/h11-14,21,25,27H,7-10,15-18H2,1-6H3,(H,28,31)/t21-,25+/m1/s1. The van der Waals surface area contributed by atoms with Gasteiger partial charge in [-0.2, -0.15) is 0 Å². The number of hydrogen-bond acceptors (Lipinski definition) is 5. The number of likely N-dealkylation sites (N-methyl/N-ethyl adjacent to an activating group) is 2. The molecule has 0 radical (unpaired) electrons. The molecular weight excluding hydrogens is 432 g/mol. The smallest absolute Gasteiger partial charge is 0.248 e. The summed E-state index contributed by atoms with van der Waals surface area (Å²) in [4.78, 5) is 41.6. The molecule has 1 fully saturated rings. The van der Waals surface area contributed by atoms with E-state index >= 15 is 0 Å². The van der Waals surface area contributed by atoms with Crippen LogP contribution in [0.15, 0.2) is 24.3 Å². The number of rotatable bonds is 14. The molecule has 0 spiro atoms. The number of nitrogens with one attached hydrogen (secondary N) is 2. The molecule has 1 saturated heterocycles. The highest BCUT2D eigenvalue weighted by atomic mass is 16.5. The number of hydrogen-bond donors (Lipinski definition) is 2. The van der Waals surface area contributed by atoms with Gasteiger partial charge >= 0.3 is 0 Å². The minimum Gasteiger partial charge on any atom is -0.348 e. The summed E-state index contributed by atoms with van der Waals surface area (Å²) in [7, 11) is 3.56. The lowest BCUT2D eigenvalue weighted by Crippen LogP contribution is -2.71. The first-order chi connectivity index (χ1) is 16.2. The maximum atomic E-state index is 13.1. The minimum atomic E-state index is -0.691. The maximum Gasteiger partial charge on any atom is 0.248 e. The van der Waals surface area contributed by atoms with Crippen molar-refractivity contribution in [3.63, 3.8) is 0 Å². The Bertz CT molecular complexity index is 823. The fourth-order valence-corrected chi connectivity index (χ4v) is 4.51. The Morgan fingerprint density at radius 3 is 2.38 bits per heavy atom. The highest BCUT2D eigenvalue weighted by molar-refractivity contribution is 5.93. The molecule has 0 unspecified atom stereocenters. The summed E-state index contributed by atoms with van der Waals surface area (Å²) in [5.74, 6) is -0.460. The summed E-state index contributed by atoms with van der Waals surface area (Å²) in [6.45, 7) is 9.06. The fourth-order valence-electron chi connectivity index (χ4n) is 4.51. The predicted molar refractivity (Wildman–Crippen MR) is 133 cm³/mol. The van der Waals surface area contributed by atoms with E-state index < -0.39 is 11.6 Å². The molecule has 0 aromatic heterocycles. The first kappa shape index (κ1) is 27.8. The molecule has 1 aromatic carbocycles. The summed E-state index contributed by atoms with van der Waals surface area (Å²) in [6.07, 6.45) is 2.33. The van der Waals surface area contributed by atoms with Gasteiger partial charge in [0.1, 0.15) is 19.4 Å². The Hall–Kier alpha value is -2.45. The Balaban J connectivity index is 2.07. The molecule has 0 bridgehead atoms. The van der Waals surface area contributed by atoms with Crippen LogP contribution in [-0.4, -0.2) is 74.1 Å². The molecule has 2 atom stereocenters. The summed E-state index contributed by atoms with van der Waals surface area (Å²) < 4.78 is 5.99. The van der Waals surface area contributed by atoms with Crippen molar-refractivity contribution in [2.75, 3.05) is 40.3 Å². The van der Waals surface area contributed by atoms with Crippen molar-refractivity contribution in [1.82, 2.24) is 20.4 Å². The van der Waals surface area contributed by atoms with Crippen LogP contribution >= 0.6 is 0 Å².